The van der Waals surface area contributed by atoms with Gasteiger partial charge in [-0.25, -0.2) is 10.6 Å². The summed E-state index contributed by atoms with van der Waals surface area (Å²) < 4.78 is 0. The van der Waals surface area contributed by atoms with Crippen LogP contribution in [-0.2, 0) is 4.79 Å². The SMILES string of the molecule is NNC(=O)N1CCC(O)(C(N)=O)C1. The molecule has 1 rings (SSSR count). The largest absolute Gasteiger partial charge is 0.378 e. The second-order valence-corrected chi connectivity index (χ2v) is 3.02. The van der Waals surface area contributed by atoms with Crippen molar-refractivity contribution in [2.24, 2.45) is 11.6 Å². The van der Waals surface area contributed by atoms with E-state index in [0.29, 0.717) is 0 Å². The van der Waals surface area contributed by atoms with Gasteiger partial charge in [0.1, 0.15) is 0 Å². The van der Waals surface area contributed by atoms with E-state index in [0.717, 1.165) is 0 Å². The number of β-amino-alcohol motifs (C(OH)–C–C–N with tert-alkyl or cyclic N) is 1. The molecule has 74 valence electrons. The second-order valence-electron chi connectivity index (χ2n) is 3.02. The van der Waals surface area contributed by atoms with Crippen molar-refractivity contribution in [3.63, 3.8) is 0 Å². The number of hydrazine groups is 1. The minimum Gasteiger partial charge on any atom is -0.378 e. The van der Waals surface area contributed by atoms with Gasteiger partial charge in [-0.2, -0.15) is 0 Å². The highest BCUT2D eigenvalue weighted by Gasteiger charge is 2.42. The van der Waals surface area contributed by atoms with Crippen molar-refractivity contribution in [2.45, 2.75) is 12.0 Å². The third-order valence-electron chi connectivity index (χ3n) is 2.12. The number of amides is 3. The Labute approximate surface area is 74.6 Å². The fourth-order valence-corrected chi connectivity index (χ4v) is 1.26. The Morgan fingerprint density at radius 1 is 1.54 bits per heavy atom. The van der Waals surface area contributed by atoms with Crippen molar-refractivity contribution in [2.75, 3.05) is 13.1 Å². The van der Waals surface area contributed by atoms with Crippen molar-refractivity contribution in [3.8, 4) is 0 Å². The predicted molar refractivity (Wildman–Crippen MR) is 43.1 cm³/mol. The van der Waals surface area contributed by atoms with Crippen LogP contribution in [0.1, 0.15) is 6.42 Å². The van der Waals surface area contributed by atoms with Gasteiger partial charge in [-0.3, -0.25) is 10.2 Å². The van der Waals surface area contributed by atoms with Crippen molar-refractivity contribution in [1.82, 2.24) is 10.3 Å². The Balaban J connectivity index is 2.63. The molecular weight excluding hydrogens is 176 g/mol. The van der Waals surface area contributed by atoms with Crippen molar-refractivity contribution in [1.29, 1.82) is 0 Å². The number of carbonyl (C=O) groups is 2. The Hall–Kier alpha value is -1.34. The van der Waals surface area contributed by atoms with E-state index in [-0.39, 0.29) is 19.5 Å². The molecule has 1 unspecified atom stereocenters. The predicted octanol–water partition coefficient (Wildman–Crippen LogP) is -2.51. The Bertz CT molecular complexity index is 244. The lowest BCUT2D eigenvalue weighted by molar-refractivity contribution is -0.134. The van der Waals surface area contributed by atoms with Gasteiger partial charge in [0.15, 0.2) is 5.60 Å². The van der Waals surface area contributed by atoms with E-state index in [1.165, 1.54) is 4.90 Å². The minimum absolute atomic E-state index is 0.106. The van der Waals surface area contributed by atoms with Gasteiger partial charge in [0, 0.05) is 13.0 Å². The van der Waals surface area contributed by atoms with E-state index < -0.39 is 17.5 Å². The van der Waals surface area contributed by atoms with Crippen LogP contribution in [0.5, 0.6) is 0 Å². The summed E-state index contributed by atoms with van der Waals surface area (Å²) in [5.41, 5.74) is 5.26. The van der Waals surface area contributed by atoms with Crippen molar-refractivity contribution in [3.05, 3.63) is 0 Å². The van der Waals surface area contributed by atoms with E-state index in [1.54, 1.807) is 0 Å². The third-order valence-corrected chi connectivity index (χ3v) is 2.12. The number of nitrogens with one attached hydrogen (secondary N) is 1. The highest BCUT2D eigenvalue weighted by atomic mass is 16.3. The maximum Gasteiger partial charge on any atom is 0.331 e. The fourth-order valence-electron chi connectivity index (χ4n) is 1.26. The monoisotopic (exact) mass is 188 g/mol. The molecule has 0 aromatic rings. The first-order valence-corrected chi connectivity index (χ1v) is 3.77. The number of hydrogen-bond acceptors (Lipinski definition) is 4. The van der Waals surface area contributed by atoms with Gasteiger partial charge < -0.3 is 15.7 Å². The number of hydrogen-bond donors (Lipinski definition) is 4. The number of likely N-dealkylation sites (tertiary alicyclic amines) is 1. The van der Waals surface area contributed by atoms with E-state index in [9.17, 15) is 14.7 Å². The van der Waals surface area contributed by atoms with Crippen LogP contribution >= 0.6 is 0 Å². The van der Waals surface area contributed by atoms with Gasteiger partial charge in [-0.15, -0.1) is 0 Å². The average Bonchev–Trinajstić information content (AvgIpc) is 2.48. The molecule has 1 aliphatic rings. The third kappa shape index (κ3) is 1.70. The Kier molecular flexibility index (Phi) is 2.39. The van der Waals surface area contributed by atoms with Crippen LogP contribution in [0.25, 0.3) is 0 Å². The van der Waals surface area contributed by atoms with E-state index in [1.807, 2.05) is 5.43 Å². The normalized spacial score (nSPS) is 27.4. The maximum absolute atomic E-state index is 11.0. The van der Waals surface area contributed by atoms with E-state index in [2.05, 4.69) is 0 Å². The van der Waals surface area contributed by atoms with Gasteiger partial charge in [-0.1, -0.05) is 0 Å². The number of aliphatic hydroxyl groups is 1. The van der Waals surface area contributed by atoms with Gasteiger partial charge in [0.2, 0.25) is 0 Å². The quantitative estimate of drug-likeness (QED) is 0.206. The van der Waals surface area contributed by atoms with Crippen LogP contribution in [0.4, 0.5) is 4.79 Å². The molecule has 0 saturated carbocycles. The standard InChI is InChI=1S/C6H12N4O3/c7-4(11)6(13)1-2-10(3-6)5(12)9-8/h13H,1-3,8H2,(H2,7,11)(H,9,12). The number of rotatable bonds is 1. The molecule has 0 bridgehead atoms. The molecule has 1 aliphatic heterocycles. The Morgan fingerprint density at radius 3 is 2.54 bits per heavy atom. The number of nitrogens with zero attached hydrogens (tertiary/aromatic N) is 1. The summed E-state index contributed by atoms with van der Waals surface area (Å²) in [6.45, 7) is 0.161. The molecule has 6 N–H and O–H groups in total. The van der Waals surface area contributed by atoms with E-state index >= 15 is 0 Å². The molecule has 3 amide bonds. The summed E-state index contributed by atoms with van der Waals surface area (Å²) in [6, 6.07) is -0.530. The molecule has 0 aliphatic carbocycles. The summed E-state index contributed by atoms with van der Waals surface area (Å²) in [6.07, 6.45) is 0.149. The molecule has 0 radical (unpaired) electrons. The first kappa shape index (κ1) is 9.75. The summed E-state index contributed by atoms with van der Waals surface area (Å²) in [7, 11) is 0. The van der Waals surface area contributed by atoms with Crippen LogP contribution in [0, 0.1) is 0 Å². The number of primary amides is 1. The minimum atomic E-state index is -1.60. The molecular formula is C6H12N4O3. The first-order valence-electron chi connectivity index (χ1n) is 3.77. The van der Waals surface area contributed by atoms with Gasteiger partial charge in [0.25, 0.3) is 5.91 Å². The molecule has 7 nitrogen and oxygen atoms in total. The lowest BCUT2D eigenvalue weighted by atomic mass is 10.0. The zero-order valence-corrected chi connectivity index (χ0v) is 6.99. The highest BCUT2D eigenvalue weighted by Crippen LogP contribution is 2.20. The van der Waals surface area contributed by atoms with Gasteiger partial charge >= 0.3 is 6.03 Å². The van der Waals surface area contributed by atoms with Gasteiger partial charge in [0.05, 0.1) is 6.54 Å². The molecule has 1 atom stereocenters. The van der Waals surface area contributed by atoms with Crippen LogP contribution in [0.2, 0.25) is 0 Å². The summed E-state index contributed by atoms with van der Waals surface area (Å²) in [5.74, 6) is 4.06. The molecule has 0 spiro atoms. The highest BCUT2D eigenvalue weighted by molar-refractivity contribution is 5.85. The van der Waals surface area contributed by atoms with Crippen LogP contribution < -0.4 is 17.0 Å². The topological polar surface area (TPSA) is 122 Å². The molecule has 13 heavy (non-hydrogen) atoms. The second kappa shape index (κ2) is 3.19. The number of carbonyl (C=O) groups excluding carboxylic acids is 2. The summed E-state index contributed by atoms with van der Waals surface area (Å²) in [5, 5.41) is 9.55. The lowest BCUT2D eigenvalue weighted by Gasteiger charge is -2.19. The molecule has 0 aromatic heterocycles. The van der Waals surface area contributed by atoms with Crippen LogP contribution in [-0.4, -0.2) is 40.6 Å². The average molecular weight is 188 g/mol. The summed E-state index contributed by atoms with van der Waals surface area (Å²) >= 11 is 0. The summed E-state index contributed by atoms with van der Waals surface area (Å²) in [4.78, 5) is 22.9. The molecule has 1 saturated heterocycles. The van der Waals surface area contributed by atoms with Crippen LogP contribution in [0.15, 0.2) is 0 Å². The molecule has 1 heterocycles. The van der Waals surface area contributed by atoms with E-state index in [4.69, 9.17) is 11.6 Å². The van der Waals surface area contributed by atoms with Crippen LogP contribution in [0.3, 0.4) is 0 Å². The zero-order valence-electron chi connectivity index (χ0n) is 6.99. The Morgan fingerprint density at radius 2 is 2.15 bits per heavy atom. The maximum atomic E-state index is 11.0. The zero-order chi connectivity index (χ0) is 10.1. The fraction of sp³-hybridized carbons (Fsp3) is 0.667. The molecule has 0 aromatic carbocycles. The molecule has 1 fully saturated rings. The smallest absolute Gasteiger partial charge is 0.331 e. The molecule has 7 heteroatoms. The van der Waals surface area contributed by atoms with Crippen molar-refractivity contribution >= 4 is 11.9 Å². The van der Waals surface area contributed by atoms with Crippen molar-refractivity contribution < 1.29 is 14.7 Å². The number of urea groups is 1. The first-order chi connectivity index (χ1) is 5.99. The number of nitrogens with two attached hydrogens (primary N) is 2. The van der Waals surface area contributed by atoms with Gasteiger partial charge in [-0.05, 0) is 0 Å². The lowest BCUT2D eigenvalue weighted by Crippen LogP contribution is -2.49.